The van der Waals surface area contributed by atoms with Crippen molar-refractivity contribution in [3.63, 3.8) is 0 Å². The number of phenols is 1. The molecular formula is C21H18F18OS2. The van der Waals surface area contributed by atoms with Gasteiger partial charge in [-0.1, -0.05) is 12.1 Å². The van der Waals surface area contributed by atoms with Crippen LogP contribution < -0.4 is 0 Å². The Kier molecular flexibility index (Phi) is 11.4. The first-order valence-corrected chi connectivity index (χ1v) is 13.2. The molecule has 1 nitrogen and oxygen atoms in total. The zero-order chi connectivity index (χ0) is 33.4. The quantitative estimate of drug-likeness (QED) is 0.155. The third-order valence-electron chi connectivity index (χ3n) is 5.51. The van der Waals surface area contributed by atoms with E-state index < -0.39 is 89.5 Å². The van der Waals surface area contributed by atoms with Crippen molar-refractivity contribution in [3.8, 4) is 5.75 Å². The highest BCUT2D eigenvalue weighted by atomic mass is 32.2. The zero-order valence-electron chi connectivity index (χ0n) is 20.5. The second-order valence-corrected chi connectivity index (χ2v) is 10.9. The Balaban J connectivity index is 2.84. The lowest BCUT2D eigenvalue weighted by molar-refractivity contribution is -0.396. The molecule has 42 heavy (non-hydrogen) atoms. The van der Waals surface area contributed by atoms with Crippen LogP contribution in [0.2, 0.25) is 0 Å². The number of hydrogen-bond donors (Lipinski definition) is 1. The number of aryl methyl sites for hydroxylation is 1. The van der Waals surface area contributed by atoms with E-state index in [1.165, 1.54) is 13.0 Å². The van der Waals surface area contributed by atoms with Gasteiger partial charge in [-0.2, -0.15) is 103 Å². The second kappa shape index (κ2) is 12.5. The van der Waals surface area contributed by atoms with Crippen molar-refractivity contribution in [2.75, 3.05) is 11.5 Å². The van der Waals surface area contributed by atoms with Gasteiger partial charge >= 0.3 is 47.9 Å². The maximum absolute atomic E-state index is 13.6. The van der Waals surface area contributed by atoms with Crippen LogP contribution in [0.25, 0.3) is 0 Å². The van der Waals surface area contributed by atoms with E-state index in [0.29, 0.717) is 11.8 Å². The van der Waals surface area contributed by atoms with Gasteiger partial charge in [0.05, 0.1) is 0 Å². The lowest BCUT2D eigenvalue weighted by Crippen LogP contribution is -2.60. The fourth-order valence-corrected chi connectivity index (χ4v) is 4.96. The second-order valence-electron chi connectivity index (χ2n) is 8.73. The van der Waals surface area contributed by atoms with Crippen molar-refractivity contribution in [1.29, 1.82) is 0 Å². The summed E-state index contributed by atoms with van der Waals surface area (Å²) in [6.45, 7) is 1.24. The van der Waals surface area contributed by atoms with Gasteiger partial charge in [0.25, 0.3) is 0 Å². The highest BCUT2D eigenvalue weighted by molar-refractivity contribution is 7.98. The summed E-state index contributed by atoms with van der Waals surface area (Å²) in [5.41, 5.74) is -0.0525. The molecule has 0 radical (unpaired) electrons. The molecule has 0 spiro atoms. The number of hydrogen-bond acceptors (Lipinski definition) is 3. The molecule has 0 bridgehead atoms. The molecule has 0 aromatic heterocycles. The fraction of sp³-hybridized carbons (Fsp3) is 0.714. The van der Waals surface area contributed by atoms with E-state index in [2.05, 4.69) is 0 Å². The third-order valence-corrected chi connectivity index (χ3v) is 7.54. The van der Waals surface area contributed by atoms with Gasteiger partial charge in [-0.25, -0.2) is 0 Å². The topological polar surface area (TPSA) is 20.2 Å². The van der Waals surface area contributed by atoms with Crippen molar-refractivity contribution in [2.24, 2.45) is 0 Å². The molecule has 0 aliphatic carbocycles. The molecule has 0 aliphatic rings. The van der Waals surface area contributed by atoms with Crippen LogP contribution in [0.4, 0.5) is 79.0 Å². The van der Waals surface area contributed by atoms with Gasteiger partial charge in [-0.15, -0.1) is 0 Å². The molecule has 1 aromatic carbocycles. The minimum atomic E-state index is -7.06. The first-order chi connectivity index (χ1) is 18.5. The van der Waals surface area contributed by atoms with Gasteiger partial charge in [-0.05, 0) is 29.6 Å². The van der Waals surface area contributed by atoms with E-state index >= 15 is 0 Å². The molecular weight excluding hydrogens is 674 g/mol. The molecule has 246 valence electrons. The maximum Gasteiger partial charge on any atom is 0.460 e. The van der Waals surface area contributed by atoms with Crippen LogP contribution in [-0.2, 0) is 11.5 Å². The van der Waals surface area contributed by atoms with Crippen LogP contribution in [0.15, 0.2) is 12.1 Å². The minimum Gasteiger partial charge on any atom is -0.507 e. The Hall–Kier alpha value is -1.54. The van der Waals surface area contributed by atoms with Crippen molar-refractivity contribution in [3.05, 3.63) is 28.8 Å². The molecule has 0 saturated heterocycles. The minimum absolute atomic E-state index is 0.0204. The maximum atomic E-state index is 13.6. The van der Waals surface area contributed by atoms with Crippen LogP contribution in [0.3, 0.4) is 0 Å². The molecule has 0 unspecified atom stereocenters. The molecule has 21 heteroatoms. The van der Waals surface area contributed by atoms with Gasteiger partial charge in [0, 0.05) is 29.9 Å². The number of halogens is 18. The molecule has 0 heterocycles. The summed E-state index contributed by atoms with van der Waals surface area (Å²) in [5, 5.41) is 10.1. The van der Waals surface area contributed by atoms with Crippen molar-refractivity contribution in [1.82, 2.24) is 0 Å². The van der Waals surface area contributed by atoms with Crippen molar-refractivity contribution < 1.29 is 84.1 Å². The molecule has 1 N–H and O–H groups in total. The van der Waals surface area contributed by atoms with Gasteiger partial charge in [-0.3, -0.25) is 0 Å². The third kappa shape index (κ3) is 7.57. The summed E-state index contributed by atoms with van der Waals surface area (Å²) >= 11 is 0.642. The van der Waals surface area contributed by atoms with Crippen molar-refractivity contribution in [2.45, 2.75) is 79.2 Å². The summed E-state index contributed by atoms with van der Waals surface area (Å²) in [5.74, 6) is -43.0. The molecule has 1 aromatic rings. The Labute approximate surface area is 233 Å². The van der Waals surface area contributed by atoms with Crippen LogP contribution in [0.1, 0.15) is 29.5 Å². The number of phenolic OH excluding ortho intramolecular Hbond substituents is 1. The molecule has 0 fully saturated rings. The van der Waals surface area contributed by atoms with Crippen LogP contribution >= 0.6 is 23.5 Å². The summed E-state index contributed by atoms with van der Waals surface area (Å²) in [4.78, 5) is 0. The van der Waals surface area contributed by atoms with E-state index in [0.717, 1.165) is 6.07 Å². The van der Waals surface area contributed by atoms with Gasteiger partial charge in [0.1, 0.15) is 5.75 Å². The Bertz CT molecular complexity index is 1060. The molecule has 0 atom stereocenters. The normalized spacial score (nSPS) is 14.9. The number of rotatable bonds is 14. The summed E-state index contributed by atoms with van der Waals surface area (Å²) in [6, 6.07) is 2.23. The first-order valence-electron chi connectivity index (χ1n) is 10.8. The van der Waals surface area contributed by atoms with Gasteiger partial charge < -0.3 is 5.11 Å². The number of thioether (sulfide) groups is 2. The number of alkyl halides is 18. The van der Waals surface area contributed by atoms with Crippen molar-refractivity contribution >= 4 is 23.5 Å². The zero-order valence-corrected chi connectivity index (χ0v) is 22.1. The Morgan fingerprint density at radius 1 is 0.548 bits per heavy atom. The smallest absolute Gasteiger partial charge is 0.460 e. The number of benzene rings is 1. The highest BCUT2D eigenvalue weighted by Gasteiger charge is 2.82. The number of aromatic hydroxyl groups is 1. The van der Waals surface area contributed by atoms with Gasteiger partial charge in [0.15, 0.2) is 0 Å². The van der Waals surface area contributed by atoms with E-state index in [1.807, 2.05) is 0 Å². The summed E-state index contributed by atoms with van der Waals surface area (Å²) < 4.78 is 232. The molecule has 0 saturated carbocycles. The lowest BCUT2D eigenvalue weighted by Gasteiger charge is -2.33. The van der Waals surface area contributed by atoms with E-state index in [4.69, 9.17) is 0 Å². The SMILES string of the molecule is Cc1cc(CSCCC(F)(F)C(F)(F)C(F)(F)C(F)(F)F)cc(CSCCC(F)(F)C(F)(F)C(F)(F)C(F)(F)F)c1O. The highest BCUT2D eigenvalue weighted by Crippen LogP contribution is 2.55. The van der Waals surface area contributed by atoms with Crippen LogP contribution in [0, 0.1) is 6.92 Å². The van der Waals surface area contributed by atoms with E-state index in [-0.39, 0.29) is 28.5 Å². The fourth-order valence-electron chi connectivity index (χ4n) is 3.03. The first kappa shape index (κ1) is 38.5. The van der Waals surface area contributed by atoms with E-state index in [9.17, 15) is 84.1 Å². The van der Waals surface area contributed by atoms with E-state index in [1.54, 1.807) is 0 Å². The van der Waals surface area contributed by atoms with Crippen LogP contribution in [-0.4, -0.2) is 64.5 Å². The monoisotopic (exact) mass is 692 g/mol. The lowest BCUT2D eigenvalue weighted by atomic mass is 10.0. The molecule has 0 aliphatic heterocycles. The summed E-state index contributed by atoms with van der Waals surface area (Å²) in [6.07, 6.45) is -18.2. The Morgan fingerprint density at radius 2 is 0.905 bits per heavy atom. The summed E-state index contributed by atoms with van der Waals surface area (Å²) in [7, 11) is 0. The standard InChI is InChI=1S/C21H18F18OS2/c1-10-6-11(8-41-4-2-14(22,23)16(26,27)18(30,31)20(34,35)36)7-12(13(10)40)9-42-5-3-15(24,25)17(28,29)19(32,33)21(37,38)39/h6-7,40H,2-5,8-9H2,1H3. The largest absolute Gasteiger partial charge is 0.507 e. The Morgan fingerprint density at radius 3 is 1.26 bits per heavy atom. The average molecular weight is 692 g/mol. The average Bonchev–Trinajstić information content (AvgIpc) is 2.80. The molecule has 1 rings (SSSR count). The predicted molar refractivity (Wildman–Crippen MR) is 116 cm³/mol. The molecule has 0 amide bonds. The predicted octanol–water partition coefficient (Wildman–Crippen LogP) is 9.88. The van der Waals surface area contributed by atoms with Crippen LogP contribution in [0.5, 0.6) is 5.75 Å². The van der Waals surface area contributed by atoms with Gasteiger partial charge in [0.2, 0.25) is 0 Å².